The Kier molecular flexibility index (Phi) is 6.40. The van der Waals surface area contributed by atoms with Crippen molar-refractivity contribution in [2.24, 2.45) is 5.92 Å². The molecule has 21 heavy (non-hydrogen) atoms. The van der Waals surface area contributed by atoms with Crippen LogP contribution in [-0.4, -0.2) is 56.3 Å². The minimum absolute atomic E-state index is 0.00602. The highest BCUT2D eigenvalue weighted by Crippen LogP contribution is 2.17. The Balaban J connectivity index is 3.12. The number of aromatic amines is 1. The Labute approximate surface area is 130 Å². The van der Waals surface area contributed by atoms with E-state index < -0.39 is 15.6 Å². The molecule has 0 aliphatic carbocycles. The highest BCUT2D eigenvalue weighted by molar-refractivity contribution is 7.89. The lowest BCUT2D eigenvalue weighted by Gasteiger charge is -2.25. The maximum Gasteiger partial charge on any atom is 0.266 e. The molecule has 0 aromatic carbocycles. The van der Waals surface area contributed by atoms with Crippen LogP contribution in [0.1, 0.15) is 13.8 Å². The second kappa shape index (κ2) is 7.40. The number of H-pyrrole nitrogens is 1. The topological polar surface area (TPSA) is 73.5 Å². The number of rotatable bonds is 7. The predicted octanol–water partition coefficient (Wildman–Crippen LogP) is 1.24. The lowest BCUT2D eigenvalue weighted by atomic mass is 10.2. The van der Waals surface area contributed by atoms with Gasteiger partial charge in [-0.15, -0.1) is 0 Å². The third kappa shape index (κ3) is 5.10. The van der Waals surface area contributed by atoms with Crippen LogP contribution in [0.4, 0.5) is 0 Å². The van der Waals surface area contributed by atoms with Gasteiger partial charge in [-0.05, 0) is 26.1 Å². The van der Waals surface area contributed by atoms with Crippen molar-refractivity contribution >= 4 is 21.6 Å². The van der Waals surface area contributed by atoms with E-state index in [1.165, 1.54) is 16.6 Å². The second-order valence-electron chi connectivity index (χ2n) is 5.57. The number of pyridine rings is 1. The van der Waals surface area contributed by atoms with Gasteiger partial charge in [0.15, 0.2) is 0 Å². The molecule has 8 heteroatoms. The minimum atomic E-state index is -3.68. The summed E-state index contributed by atoms with van der Waals surface area (Å²) in [7, 11) is 0.0929. The maximum atomic E-state index is 12.7. The van der Waals surface area contributed by atoms with Gasteiger partial charge in [-0.1, -0.05) is 25.4 Å². The number of sulfonamides is 1. The lowest BCUT2D eigenvalue weighted by Crippen LogP contribution is -2.39. The van der Waals surface area contributed by atoms with Gasteiger partial charge in [-0.25, -0.2) is 8.42 Å². The largest absolute Gasteiger partial charge is 0.326 e. The lowest BCUT2D eigenvalue weighted by molar-refractivity contribution is 0.312. The van der Waals surface area contributed by atoms with Crippen LogP contribution in [0.5, 0.6) is 0 Å². The summed E-state index contributed by atoms with van der Waals surface area (Å²) in [6, 6.07) is 1.19. The molecule has 1 aromatic rings. The van der Waals surface area contributed by atoms with Gasteiger partial charge >= 0.3 is 0 Å². The number of nitrogens with zero attached hydrogens (tertiary/aromatic N) is 2. The highest BCUT2D eigenvalue weighted by atomic mass is 35.5. The number of hydrogen-bond acceptors (Lipinski definition) is 4. The SMILES string of the molecule is CC(C)CN(CCN(C)C)S(=O)(=O)c1c[nH]c(=O)c(Cl)c1. The van der Waals surface area contributed by atoms with Crippen molar-refractivity contribution in [1.82, 2.24) is 14.2 Å². The molecule has 1 heterocycles. The first-order valence-electron chi connectivity index (χ1n) is 6.67. The summed E-state index contributed by atoms with van der Waals surface area (Å²) < 4.78 is 26.8. The third-order valence-electron chi connectivity index (χ3n) is 2.83. The molecule has 0 radical (unpaired) electrons. The summed E-state index contributed by atoms with van der Waals surface area (Å²) in [5, 5.41) is -0.131. The Morgan fingerprint density at radius 2 is 1.90 bits per heavy atom. The van der Waals surface area contributed by atoms with Crippen molar-refractivity contribution < 1.29 is 8.42 Å². The molecule has 1 aromatic heterocycles. The molecule has 0 saturated carbocycles. The average molecular weight is 336 g/mol. The van der Waals surface area contributed by atoms with Gasteiger partial charge < -0.3 is 9.88 Å². The zero-order valence-corrected chi connectivity index (χ0v) is 14.3. The quantitative estimate of drug-likeness (QED) is 0.813. The molecule has 0 fully saturated rings. The molecule has 6 nitrogen and oxygen atoms in total. The van der Waals surface area contributed by atoms with Crippen LogP contribution in [-0.2, 0) is 10.0 Å². The van der Waals surface area contributed by atoms with Gasteiger partial charge in [0.25, 0.3) is 5.56 Å². The maximum absolute atomic E-state index is 12.7. The molecule has 0 atom stereocenters. The Hall–Kier alpha value is -0.890. The average Bonchev–Trinajstić information content (AvgIpc) is 2.36. The van der Waals surface area contributed by atoms with Crippen LogP contribution in [0.2, 0.25) is 5.02 Å². The van der Waals surface area contributed by atoms with Crippen LogP contribution >= 0.6 is 11.6 Å². The summed E-state index contributed by atoms with van der Waals surface area (Å²) in [6.07, 6.45) is 1.19. The van der Waals surface area contributed by atoms with Gasteiger partial charge in [-0.3, -0.25) is 4.79 Å². The monoisotopic (exact) mass is 335 g/mol. The zero-order valence-electron chi connectivity index (χ0n) is 12.8. The third-order valence-corrected chi connectivity index (χ3v) is 4.96. The zero-order chi connectivity index (χ0) is 16.2. The first kappa shape index (κ1) is 18.2. The number of nitrogens with one attached hydrogen (secondary N) is 1. The van der Waals surface area contributed by atoms with Crippen molar-refractivity contribution in [3.8, 4) is 0 Å². The van der Waals surface area contributed by atoms with E-state index in [4.69, 9.17) is 11.6 Å². The molecule has 0 spiro atoms. The first-order valence-corrected chi connectivity index (χ1v) is 8.49. The fraction of sp³-hybridized carbons (Fsp3) is 0.615. The molecule has 1 rings (SSSR count). The van der Waals surface area contributed by atoms with E-state index in [0.29, 0.717) is 19.6 Å². The van der Waals surface area contributed by atoms with E-state index in [0.717, 1.165) is 0 Å². The Morgan fingerprint density at radius 1 is 1.29 bits per heavy atom. The molecule has 120 valence electrons. The fourth-order valence-electron chi connectivity index (χ4n) is 1.76. The smallest absolute Gasteiger partial charge is 0.266 e. The van der Waals surface area contributed by atoms with Gasteiger partial charge in [0, 0.05) is 25.8 Å². The molecular formula is C13H22ClN3O3S. The first-order chi connectivity index (χ1) is 9.64. The summed E-state index contributed by atoms with van der Waals surface area (Å²) in [5.74, 6) is 0.195. The van der Waals surface area contributed by atoms with E-state index in [1.807, 2.05) is 32.8 Å². The van der Waals surface area contributed by atoms with Gasteiger partial charge in [-0.2, -0.15) is 4.31 Å². The molecule has 0 aliphatic heterocycles. The number of hydrogen-bond donors (Lipinski definition) is 1. The van der Waals surface area contributed by atoms with Gasteiger partial charge in [0.1, 0.15) is 5.02 Å². The predicted molar refractivity (Wildman–Crippen MR) is 84.2 cm³/mol. The van der Waals surface area contributed by atoms with Gasteiger partial charge in [0.2, 0.25) is 10.0 Å². The van der Waals surface area contributed by atoms with Crippen molar-refractivity contribution in [2.45, 2.75) is 18.7 Å². The molecule has 0 unspecified atom stereocenters. The number of halogens is 1. The molecule has 0 amide bonds. The van der Waals surface area contributed by atoms with E-state index in [-0.39, 0.29) is 15.8 Å². The van der Waals surface area contributed by atoms with Crippen molar-refractivity contribution in [3.05, 3.63) is 27.6 Å². The molecule has 0 aliphatic rings. The summed E-state index contributed by atoms with van der Waals surface area (Å²) in [4.78, 5) is 15.5. The fourth-order valence-corrected chi connectivity index (χ4v) is 3.59. The summed E-state index contributed by atoms with van der Waals surface area (Å²) in [5.41, 5.74) is -0.501. The van der Waals surface area contributed by atoms with Crippen molar-refractivity contribution in [2.75, 3.05) is 33.7 Å². The van der Waals surface area contributed by atoms with E-state index in [9.17, 15) is 13.2 Å². The molecule has 0 bridgehead atoms. The van der Waals surface area contributed by atoms with Crippen molar-refractivity contribution in [3.63, 3.8) is 0 Å². The molecule has 1 N–H and O–H groups in total. The number of aromatic nitrogens is 1. The van der Waals surface area contributed by atoms with Crippen LogP contribution in [0, 0.1) is 5.92 Å². The van der Waals surface area contributed by atoms with E-state index in [1.54, 1.807) is 0 Å². The van der Waals surface area contributed by atoms with Crippen LogP contribution in [0.25, 0.3) is 0 Å². The Morgan fingerprint density at radius 3 is 2.38 bits per heavy atom. The highest BCUT2D eigenvalue weighted by Gasteiger charge is 2.25. The minimum Gasteiger partial charge on any atom is -0.326 e. The van der Waals surface area contributed by atoms with E-state index >= 15 is 0 Å². The number of likely N-dealkylation sites (N-methyl/N-ethyl adjacent to an activating group) is 1. The molecular weight excluding hydrogens is 314 g/mol. The standard InChI is InChI=1S/C13H22ClN3O3S/c1-10(2)9-17(6-5-16(3)4)21(19,20)11-7-12(14)13(18)15-8-11/h7-8,10H,5-6,9H2,1-4H3,(H,15,18). The molecule has 0 saturated heterocycles. The van der Waals surface area contributed by atoms with E-state index in [2.05, 4.69) is 4.98 Å². The summed E-state index contributed by atoms with van der Waals surface area (Å²) in [6.45, 7) is 5.32. The van der Waals surface area contributed by atoms with Gasteiger partial charge in [0.05, 0.1) is 4.90 Å². The van der Waals surface area contributed by atoms with Crippen LogP contribution in [0.3, 0.4) is 0 Å². The second-order valence-corrected chi connectivity index (χ2v) is 7.92. The van der Waals surface area contributed by atoms with Crippen LogP contribution < -0.4 is 5.56 Å². The van der Waals surface area contributed by atoms with Crippen molar-refractivity contribution in [1.29, 1.82) is 0 Å². The normalized spacial score (nSPS) is 12.6. The Bertz CT molecular complexity index is 626. The summed E-state index contributed by atoms with van der Waals surface area (Å²) >= 11 is 5.72. The van der Waals surface area contributed by atoms with Crippen LogP contribution in [0.15, 0.2) is 22.0 Å².